The molecule has 2 rings (SSSR count). The van der Waals surface area contributed by atoms with E-state index in [4.69, 9.17) is 4.74 Å². The predicted molar refractivity (Wildman–Crippen MR) is 51.6 cm³/mol. The number of carbonyl (C=O) groups is 1. The Bertz CT molecular complexity index is 205. The summed E-state index contributed by atoms with van der Waals surface area (Å²) in [5.41, 5.74) is 0.311. The molecular formula is C9H16O2S. The Morgan fingerprint density at radius 2 is 2.25 bits per heavy atom. The summed E-state index contributed by atoms with van der Waals surface area (Å²) >= 11 is 0. The quantitative estimate of drug-likeness (QED) is 0.462. The maximum atomic E-state index is 11.2. The molecule has 1 unspecified atom stereocenters. The summed E-state index contributed by atoms with van der Waals surface area (Å²) in [6.45, 7) is 4.29. The fourth-order valence-corrected chi connectivity index (χ4v) is 5.15. The number of thiol groups is 1. The van der Waals surface area contributed by atoms with Gasteiger partial charge in [0.2, 0.25) is 0 Å². The van der Waals surface area contributed by atoms with Crippen LogP contribution in [0.15, 0.2) is 0 Å². The fourth-order valence-electron chi connectivity index (χ4n) is 2.04. The molecule has 0 aromatic carbocycles. The van der Waals surface area contributed by atoms with Crippen molar-refractivity contribution in [3.05, 3.63) is 0 Å². The number of ether oxygens (including phenoxy) is 1. The van der Waals surface area contributed by atoms with Gasteiger partial charge in [-0.05, 0) is 31.4 Å². The second-order valence-corrected chi connectivity index (χ2v) is 6.76. The minimum atomic E-state index is -0.119. The van der Waals surface area contributed by atoms with E-state index < -0.39 is 0 Å². The minimum absolute atomic E-state index is 0.0558. The summed E-state index contributed by atoms with van der Waals surface area (Å²) in [4.78, 5) is 11.2. The Balaban J connectivity index is 2.09. The van der Waals surface area contributed by atoms with Gasteiger partial charge in [-0.2, -0.15) is 0 Å². The first-order chi connectivity index (χ1) is 5.68. The standard InChI is InChI=1S/C9H16O2S/c1-6-3-4-12-7(2)9(10)11-8(12)5-6/h6-8,12H,3-5H2,1-2H3/t6-,7+,8+/m1/s1. The van der Waals surface area contributed by atoms with Gasteiger partial charge in [0.25, 0.3) is 0 Å². The van der Waals surface area contributed by atoms with Crippen molar-refractivity contribution in [3.63, 3.8) is 0 Å². The molecule has 2 nitrogen and oxygen atoms in total. The molecule has 3 heteroatoms. The molecule has 0 radical (unpaired) electrons. The average molecular weight is 188 g/mol. The van der Waals surface area contributed by atoms with Crippen molar-refractivity contribution in [1.29, 1.82) is 0 Å². The highest BCUT2D eigenvalue weighted by Crippen LogP contribution is 2.50. The highest BCUT2D eigenvalue weighted by Gasteiger charge is 2.41. The number of carbonyl (C=O) groups excluding carboxylic acids is 1. The van der Waals surface area contributed by atoms with Crippen molar-refractivity contribution in [2.45, 2.75) is 37.4 Å². The Morgan fingerprint density at radius 1 is 1.50 bits per heavy atom. The maximum Gasteiger partial charge on any atom is 0.318 e. The van der Waals surface area contributed by atoms with E-state index >= 15 is 0 Å². The lowest BCUT2D eigenvalue weighted by Crippen LogP contribution is -2.20. The number of esters is 1. The molecule has 0 N–H and O–H groups in total. The molecule has 2 saturated heterocycles. The number of hydrogen-bond acceptors (Lipinski definition) is 2. The topological polar surface area (TPSA) is 26.3 Å². The number of rotatable bonds is 0. The normalized spacial score (nSPS) is 50.0. The summed E-state index contributed by atoms with van der Waals surface area (Å²) < 4.78 is 5.34. The van der Waals surface area contributed by atoms with Gasteiger partial charge in [0.1, 0.15) is 5.44 Å². The third-order valence-corrected chi connectivity index (χ3v) is 5.98. The first-order valence-electron chi connectivity index (χ1n) is 4.64. The average Bonchev–Trinajstić information content (AvgIpc) is 2.28. The lowest BCUT2D eigenvalue weighted by Gasteiger charge is -2.31. The van der Waals surface area contributed by atoms with Crippen LogP contribution in [0.25, 0.3) is 0 Å². The van der Waals surface area contributed by atoms with Crippen molar-refractivity contribution < 1.29 is 9.53 Å². The monoisotopic (exact) mass is 188 g/mol. The van der Waals surface area contributed by atoms with E-state index in [0.29, 0.717) is 5.44 Å². The highest BCUT2D eigenvalue weighted by molar-refractivity contribution is 8.18. The zero-order valence-corrected chi connectivity index (χ0v) is 8.51. The van der Waals surface area contributed by atoms with E-state index in [1.165, 1.54) is 12.2 Å². The third-order valence-electron chi connectivity index (χ3n) is 2.94. The molecule has 2 aliphatic heterocycles. The van der Waals surface area contributed by atoms with Gasteiger partial charge in [-0.25, -0.2) is 10.9 Å². The van der Waals surface area contributed by atoms with E-state index in [1.807, 2.05) is 6.92 Å². The predicted octanol–water partition coefficient (Wildman–Crippen LogP) is 1.69. The molecule has 0 aromatic rings. The summed E-state index contributed by atoms with van der Waals surface area (Å²) in [5, 5.41) is 0.220. The number of hydrogen-bond donors (Lipinski definition) is 1. The van der Waals surface area contributed by atoms with Crippen LogP contribution >= 0.6 is 10.9 Å². The third kappa shape index (κ3) is 1.24. The van der Waals surface area contributed by atoms with Gasteiger partial charge in [-0.3, -0.25) is 4.79 Å². The van der Waals surface area contributed by atoms with Crippen LogP contribution < -0.4 is 0 Å². The molecule has 0 spiro atoms. The van der Waals surface area contributed by atoms with Crippen LogP contribution in [0.2, 0.25) is 0 Å². The van der Waals surface area contributed by atoms with Crippen molar-refractivity contribution in [2.75, 3.05) is 5.75 Å². The van der Waals surface area contributed by atoms with Crippen LogP contribution in [0.5, 0.6) is 0 Å². The molecule has 0 aliphatic carbocycles. The molecule has 2 fully saturated rings. The molecule has 12 heavy (non-hydrogen) atoms. The Morgan fingerprint density at radius 3 is 3.00 bits per heavy atom. The minimum Gasteiger partial charge on any atom is -0.452 e. The maximum absolute atomic E-state index is 11.2. The van der Waals surface area contributed by atoms with Gasteiger partial charge in [0, 0.05) is 0 Å². The van der Waals surface area contributed by atoms with Gasteiger partial charge >= 0.3 is 5.97 Å². The van der Waals surface area contributed by atoms with Gasteiger partial charge in [0.05, 0.1) is 5.25 Å². The molecule has 0 saturated carbocycles. The van der Waals surface area contributed by atoms with Gasteiger partial charge in [0.15, 0.2) is 0 Å². The second kappa shape index (κ2) is 2.95. The highest BCUT2D eigenvalue weighted by atomic mass is 32.2. The van der Waals surface area contributed by atoms with Crippen molar-refractivity contribution >= 4 is 16.9 Å². The fraction of sp³-hybridized carbons (Fsp3) is 0.889. The zero-order valence-electron chi connectivity index (χ0n) is 7.62. The molecule has 70 valence electrons. The van der Waals surface area contributed by atoms with E-state index in [1.54, 1.807) is 0 Å². The van der Waals surface area contributed by atoms with Gasteiger partial charge < -0.3 is 4.74 Å². The number of fused-ring (bicyclic) bond motifs is 1. The van der Waals surface area contributed by atoms with Crippen molar-refractivity contribution in [2.24, 2.45) is 5.92 Å². The summed E-state index contributed by atoms with van der Waals surface area (Å²) in [7, 11) is -0.119. The Kier molecular flexibility index (Phi) is 2.07. The summed E-state index contributed by atoms with van der Waals surface area (Å²) in [5.74, 6) is 2.06. The van der Waals surface area contributed by atoms with Crippen LogP contribution in [0, 0.1) is 5.92 Å². The summed E-state index contributed by atoms with van der Waals surface area (Å²) in [6.07, 6.45) is 2.41. The lowest BCUT2D eigenvalue weighted by molar-refractivity contribution is -0.142. The van der Waals surface area contributed by atoms with E-state index in [9.17, 15) is 4.79 Å². The molecule has 0 aromatic heterocycles. The van der Waals surface area contributed by atoms with Crippen LogP contribution in [-0.4, -0.2) is 22.4 Å². The van der Waals surface area contributed by atoms with Crippen LogP contribution in [0.4, 0.5) is 0 Å². The SMILES string of the molecule is C[C@@H]1CC[SH]2[C@@H](C1)OC(=O)[C@@H]2C. The first-order valence-corrected chi connectivity index (χ1v) is 6.31. The van der Waals surface area contributed by atoms with E-state index in [2.05, 4.69) is 6.92 Å². The summed E-state index contributed by atoms with van der Waals surface area (Å²) in [6, 6.07) is 0. The first kappa shape index (κ1) is 8.42. The van der Waals surface area contributed by atoms with Crippen LogP contribution in [-0.2, 0) is 9.53 Å². The smallest absolute Gasteiger partial charge is 0.318 e. The molecule has 2 aliphatic rings. The zero-order chi connectivity index (χ0) is 8.72. The molecule has 0 amide bonds. The van der Waals surface area contributed by atoms with E-state index in [0.717, 1.165) is 12.3 Å². The Labute approximate surface area is 76.0 Å². The van der Waals surface area contributed by atoms with Crippen molar-refractivity contribution in [3.8, 4) is 0 Å². The van der Waals surface area contributed by atoms with Crippen molar-refractivity contribution in [1.82, 2.24) is 0 Å². The Hall–Kier alpha value is -0.180. The molecule has 0 bridgehead atoms. The molecule has 4 atom stereocenters. The largest absolute Gasteiger partial charge is 0.452 e. The van der Waals surface area contributed by atoms with Crippen LogP contribution in [0.3, 0.4) is 0 Å². The second-order valence-electron chi connectivity index (χ2n) is 3.93. The van der Waals surface area contributed by atoms with Gasteiger partial charge in [-0.15, -0.1) is 0 Å². The molecular weight excluding hydrogens is 172 g/mol. The van der Waals surface area contributed by atoms with E-state index in [-0.39, 0.29) is 22.1 Å². The lowest BCUT2D eigenvalue weighted by atomic mass is 10.1. The molecule has 2 heterocycles. The van der Waals surface area contributed by atoms with Gasteiger partial charge in [-0.1, -0.05) is 6.92 Å². The van der Waals surface area contributed by atoms with Crippen LogP contribution in [0.1, 0.15) is 26.7 Å².